The molecule has 0 aliphatic carbocycles. The van der Waals surface area contributed by atoms with Gasteiger partial charge in [0.15, 0.2) is 0 Å². The molecule has 0 aliphatic rings. The zero-order chi connectivity index (χ0) is 12.6. The summed E-state index contributed by atoms with van der Waals surface area (Å²) in [4.78, 5) is 10.7. The van der Waals surface area contributed by atoms with Crippen LogP contribution in [0.5, 0.6) is 0 Å². The minimum atomic E-state index is -0.839. The second-order valence-corrected chi connectivity index (χ2v) is 4.21. The lowest BCUT2D eigenvalue weighted by Crippen LogP contribution is -2.37. The van der Waals surface area contributed by atoms with Gasteiger partial charge in [-0.15, -0.1) is 0 Å². The summed E-state index contributed by atoms with van der Waals surface area (Å²) in [6, 6.07) is 0. The van der Waals surface area contributed by atoms with Crippen LogP contribution in [0.1, 0.15) is 34.1 Å². The van der Waals surface area contributed by atoms with Crippen LogP contribution in [0.3, 0.4) is 0 Å². The van der Waals surface area contributed by atoms with E-state index in [4.69, 9.17) is 9.84 Å². The molecule has 0 rings (SSSR count). The Labute approximate surface area is 97.7 Å². The molecule has 0 bridgehead atoms. The molecule has 0 unspecified atom stereocenters. The molecule has 0 atom stereocenters. The van der Waals surface area contributed by atoms with Gasteiger partial charge >= 0.3 is 5.97 Å². The lowest BCUT2D eigenvalue weighted by atomic mass is 10.1. The molecule has 2 N–H and O–H groups in total. The number of ether oxygens (including phenoxy) is 1. The Balaban J connectivity index is 3.94. The molecule has 0 heterocycles. The highest BCUT2D eigenvalue weighted by Crippen LogP contribution is 2.06. The highest BCUT2D eigenvalue weighted by atomic mass is 16.5. The lowest BCUT2D eigenvalue weighted by Gasteiger charge is -2.24. The highest BCUT2D eigenvalue weighted by molar-refractivity contribution is 5.86. The molecule has 4 nitrogen and oxygen atoms in total. The van der Waals surface area contributed by atoms with Gasteiger partial charge in [-0.25, -0.2) is 4.79 Å². The number of carboxylic acid groups (broad SMARTS) is 1. The van der Waals surface area contributed by atoms with Crippen molar-refractivity contribution in [2.75, 3.05) is 19.7 Å². The van der Waals surface area contributed by atoms with E-state index in [1.54, 1.807) is 6.08 Å². The Morgan fingerprint density at radius 3 is 2.50 bits per heavy atom. The molecule has 0 fully saturated rings. The summed E-state index contributed by atoms with van der Waals surface area (Å²) >= 11 is 0. The Bertz CT molecular complexity index is 247. The quantitative estimate of drug-likeness (QED) is 0.492. The van der Waals surface area contributed by atoms with E-state index in [1.165, 1.54) is 0 Å². The van der Waals surface area contributed by atoms with Crippen LogP contribution in [0.2, 0.25) is 0 Å². The number of aliphatic carboxylic acids is 1. The van der Waals surface area contributed by atoms with Crippen molar-refractivity contribution < 1.29 is 14.6 Å². The molecular formula is C12H23NO3. The number of hydrogen-bond acceptors (Lipinski definition) is 3. The predicted octanol–water partition coefficient (Wildman–Crippen LogP) is 1.81. The van der Waals surface area contributed by atoms with E-state index in [9.17, 15) is 4.79 Å². The standard InChI is InChI=1S/C12H23NO3/c1-5-10(11(14)15)7-8-13-9-12(3,4)16-6-2/h7,13H,5-6,8-9H2,1-4H3,(H,14,15)/b10-7-. The van der Waals surface area contributed by atoms with Crippen molar-refractivity contribution in [3.63, 3.8) is 0 Å². The molecule has 0 aromatic heterocycles. The normalized spacial score (nSPS) is 12.9. The molecule has 16 heavy (non-hydrogen) atoms. The topological polar surface area (TPSA) is 58.6 Å². The second kappa shape index (κ2) is 7.41. The molecule has 4 heteroatoms. The van der Waals surface area contributed by atoms with E-state index in [2.05, 4.69) is 5.32 Å². The summed E-state index contributed by atoms with van der Waals surface area (Å²) in [6.07, 6.45) is 2.26. The SMILES string of the molecule is CCOC(C)(C)CNC/C=C(/CC)C(=O)O. The number of carboxylic acids is 1. The van der Waals surface area contributed by atoms with Crippen LogP contribution in [0.4, 0.5) is 0 Å². The number of hydrogen-bond donors (Lipinski definition) is 2. The first-order valence-electron chi connectivity index (χ1n) is 5.70. The van der Waals surface area contributed by atoms with Crippen molar-refractivity contribution in [3.8, 4) is 0 Å². The smallest absolute Gasteiger partial charge is 0.331 e. The Hall–Kier alpha value is -0.870. The van der Waals surface area contributed by atoms with Crippen LogP contribution in [0, 0.1) is 0 Å². The van der Waals surface area contributed by atoms with Crippen molar-refractivity contribution in [2.45, 2.75) is 39.7 Å². The number of carbonyl (C=O) groups is 1. The molecule has 0 aliphatic heterocycles. The first kappa shape index (κ1) is 15.1. The molecule has 0 saturated heterocycles. The minimum Gasteiger partial charge on any atom is -0.478 e. The van der Waals surface area contributed by atoms with Crippen molar-refractivity contribution >= 4 is 5.97 Å². The van der Waals surface area contributed by atoms with Gasteiger partial charge in [0.1, 0.15) is 0 Å². The average molecular weight is 229 g/mol. The fourth-order valence-electron chi connectivity index (χ4n) is 1.39. The van der Waals surface area contributed by atoms with E-state index < -0.39 is 5.97 Å². The summed E-state index contributed by atoms with van der Waals surface area (Å²) in [7, 11) is 0. The van der Waals surface area contributed by atoms with Gasteiger partial charge in [0.05, 0.1) is 5.60 Å². The first-order valence-corrected chi connectivity index (χ1v) is 5.70. The Kier molecular flexibility index (Phi) is 7.01. The van der Waals surface area contributed by atoms with Crippen molar-refractivity contribution in [2.24, 2.45) is 0 Å². The van der Waals surface area contributed by atoms with Gasteiger partial charge in [-0.05, 0) is 27.2 Å². The molecule has 0 aromatic rings. The largest absolute Gasteiger partial charge is 0.478 e. The first-order chi connectivity index (χ1) is 7.43. The summed E-state index contributed by atoms with van der Waals surface area (Å²) < 4.78 is 5.51. The maximum Gasteiger partial charge on any atom is 0.331 e. The second-order valence-electron chi connectivity index (χ2n) is 4.21. The van der Waals surface area contributed by atoms with Crippen LogP contribution < -0.4 is 5.32 Å². The molecule has 94 valence electrons. The van der Waals surface area contributed by atoms with Crippen molar-refractivity contribution in [3.05, 3.63) is 11.6 Å². The van der Waals surface area contributed by atoms with Gasteiger partial charge in [-0.3, -0.25) is 0 Å². The molecule has 0 aromatic carbocycles. The van der Waals surface area contributed by atoms with Crippen LogP contribution in [0.15, 0.2) is 11.6 Å². The zero-order valence-electron chi connectivity index (χ0n) is 10.7. The van der Waals surface area contributed by atoms with Crippen molar-refractivity contribution in [1.82, 2.24) is 5.32 Å². The maximum absolute atomic E-state index is 10.7. The van der Waals surface area contributed by atoms with E-state index in [0.29, 0.717) is 31.7 Å². The monoisotopic (exact) mass is 229 g/mol. The van der Waals surface area contributed by atoms with Crippen molar-refractivity contribution in [1.29, 1.82) is 0 Å². The number of rotatable bonds is 8. The number of nitrogens with one attached hydrogen (secondary N) is 1. The highest BCUT2D eigenvalue weighted by Gasteiger charge is 2.16. The summed E-state index contributed by atoms with van der Waals surface area (Å²) in [5, 5.41) is 12.0. The third kappa shape index (κ3) is 6.58. The van der Waals surface area contributed by atoms with Gasteiger partial charge < -0.3 is 15.2 Å². The van der Waals surface area contributed by atoms with Gasteiger partial charge in [0, 0.05) is 25.3 Å². The predicted molar refractivity (Wildman–Crippen MR) is 64.6 cm³/mol. The fourth-order valence-corrected chi connectivity index (χ4v) is 1.39. The third-order valence-electron chi connectivity index (χ3n) is 2.23. The van der Waals surface area contributed by atoms with E-state index in [1.807, 2.05) is 27.7 Å². The van der Waals surface area contributed by atoms with E-state index in [-0.39, 0.29) is 5.60 Å². The average Bonchev–Trinajstić information content (AvgIpc) is 2.17. The zero-order valence-corrected chi connectivity index (χ0v) is 10.7. The van der Waals surface area contributed by atoms with Gasteiger partial charge in [-0.1, -0.05) is 13.0 Å². The maximum atomic E-state index is 10.7. The fraction of sp³-hybridized carbons (Fsp3) is 0.750. The summed E-state index contributed by atoms with van der Waals surface area (Å²) in [5.41, 5.74) is 0.236. The summed E-state index contributed by atoms with van der Waals surface area (Å²) in [5.74, 6) is -0.839. The molecule has 0 amide bonds. The Morgan fingerprint density at radius 2 is 2.06 bits per heavy atom. The molecular weight excluding hydrogens is 206 g/mol. The summed E-state index contributed by atoms with van der Waals surface area (Å²) in [6.45, 7) is 9.75. The lowest BCUT2D eigenvalue weighted by molar-refractivity contribution is -0.132. The molecule has 0 spiro atoms. The van der Waals surface area contributed by atoms with E-state index >= 15 is 0 Å². The van der Waals surface area contributed by atoms with E-state index in [0.717, 1.165) is 0 Å². The van der Waals surface area contributed by atoms with Gasteiger partial charge in [0.2, 0.25) is 0 Å². The van der Waals surface area contributed by atoms with Crippen LogP contribution in [-0.2, 0) is 9.53 Å². The van der Waals surface area contributed by atoms with Crippen LogP contribution >= 0.6 is 0 Å². The molecule has 0 saturated carbocycles. The van der Waals surface area contributed by atoms with Gasteiger partial charge in [-0.2, -0.15) is 0 Å². The van der Waals surface area contributed by atoms with Gasteiger partial charge in [0.25, 0.3) is 0 Å². The molecule has 0 radical (unpaired) electrons. The van der Waals surface area contributed by atoms with Crippen LogP contribution in [0.25, 0.3) is 0 Å². The third-order valence-corrected chi connectivity index (χ3v) is 2.23. The minimum absolute atomic E-state index is 0.210. The van der Waals surface area contributed by atoms with Crippen LogP contribution in [-0.4, -0.2) is 36.4 Å². The Morgan fingerprint density at radius 1 is 1.44 bits per heavy atom.